The first-order valence-corrected chi connectivity index (χ1v) is 11.1. The van der Waals surface area contributed by atoms with Crippen molar-refractivity contribution >= 4 is 5.91 Å². The molecule has 6 heteroatoms. The third-order valence-corrected chi connectivity index (χ3v) is 6.19. The molecule has 2 heterocycles. The van der Waals surface area contributed by atoms with Crippen molar-refractivity contribution in [3.8, 4) is 23.0 Å². The number of hydrogen-bond acceptors (Lipinski definition) is 5. The molecule has 1 aliphatic heterocycles. The molecule has 1 aliphatic rings. The van der Waals surface area contributed by atoms with Gasteiger partial charge in [0.25, 0.3) is 5.91 Å². The van der Waals surface area contributed by atoms with Gasteiger partial charge in [0, 0.05) is 30.9 Å². The minimum Gasteiger partial charge on any atom is -0.438 e. The van der Waals surface area contributed by atoms with E-state index < -0.39 is 0 Å². The second-order valence-electron chi connectivity index (χ2n) is 8.61. The number of nitrogens with zero attached hydrogens (tertiary/aromatic N) is 4. The van der Waals surface area contributed by atoms with Crippen molar-refractivity contribution in [1.29, 1.82) is 0 Å². The molecular weight excluding hydrogens is 400 g/mol. The monoisotopic (exact) mass is 430 g/mol. The van der Waals surface area contributed by atoms with Crippen LogP contribution in [-0.2, 0) is 0 Å². The van der Waals surface area contributed by atoms with Gasteiger partial charge in [0.15, 0.2) is 5.82 Å². The number of aromatic nitrogens is 2. The smallest absolute Gasteiger partial charge is 0.260 e. The lowest BCUT2D eigenvalue weighted by atomic mass is 10.0. The quantitative estimate of drug-likeness (QED) is 0.586. The van der Waals surface area contributed by atoms with Crippen LogP contribution in [0.25, 0.3) is 11.4 Å². The summed E-state index contributed by atoms with van der Waals surface area (Å²) in [4.78, 5) is 26.7. The summed E-state index contributed by atoms with van der Waals surface area (Å²) in [6.45, 7) is 5.53. The van der Waals surface area contributed by atoms with E-state index in [1.165, 1.54) is 5.56 Å². The van der Waals surface area contributed by atoms with Crippen LogP contribution in [0.4, 0.5) is 0 Å². The number of amides is 1. The standard InChI is InChI=1S/C26H30N4O2/c1-18-10-11-22(16-19(18)2)32-25-23(17-27-24(28-25)20-8-6-5-7-9-20)26(31)30-14-12-21(13-15-30)29(3)4/h5-11,16-17,21H,12-15H2,1-4H3. The van der Waals surface area contributed by atoms with Gasteiger partial charge in [-0.1, -0.05) is 36.4 Å². The van der Waals surface area contributed by atoms with Crippen LogP contribution in [0.5, 0.6) is 11.6 Å². The van der Waals surface area contributed by atoms with Gasteiger partial charge in [0.1, 0.15) is 11.3 Å². The van der Waals surface area contributed by atoms with Crippen molar-refractivity contribution in [2.75, 3.05) is 27.2 Å². The third-order valence-electron chi connectivity index (χ3n) is 6.19. The molecule has 1 saturated heterocycles. The Bertz CT molecular complexity index is 1090. The zero-order valence-corrected chi connectivity index (χ0v) is 19.2. The summed E-state index contributed by atoms with van der Waals surface area (Å²) in [5.41, 5.74) is 3.58. The van der Waals surface area contributed by atoms with Gasteiger partial charge < -0.3 is 14.5 Å². The number of piperidine rings is 1. The Kier molecular flexibility index (Phi) is 6.51. The lowest BCUT2D eigenvalue weighted by Gasteiger charge is -2.35. The fraction of sp³-hybridized carbons (Fsp3) is 0.346. The van der Waals surface area contributed by atoms with E-state index in [1.54, 1.807) is 6.20 Å². The molecule has 0 atom stereocenters. The maximum absolute atomic E-state index is 13.4. The molecule has 166 valence electrons. The molecule has 0 radical (unpaired) electrons. The van der Waals surface area contributed by atoms with Gasteiger partial charge in [-0.2, -0.15) is 4.98 Å². The fourth-order valence-corrected chi connectivity index (χ4v) is 3.96. The van der Waals surface area contributed by atoms with E-state index >= 15 is 0 Å². The molecule has 0 unspecified atom stereocenters. The summed E-state index contributed by atoms with van der Waals surface area (Å²) in [6.07, 6.45) is 3.51. The van der Waals surface area contributed by atoms with Gasteiger partial charge in [-0.15, -0.1) is 0 Å². The van der Waals surface area contributed by atoms with Crippen molar-refractivity contribution in [2.45, 2.75) is 32.7 Å². The third kappa shape index (κ3) is 4.81. The van der Waals surface area contributed by atoms with E-state index in [0.717, 1.165) is 24.0 Å². The van der Waals surface area contributed by atoms with E-state index in [0.29, 0.717) is 42.1 Å². The van der Waals surface area contributed by atoms with Gasteiger partial charge in [0.05, 0.1) is 0 Å². The van der Waals surface area contributed by atoms with Crippen LogP contribution in [0, 0.1) is 13.8 Å². The molecule has 1 aromatic heterocycles. The van der Waals surface area contributed by atoms with Crippen molar-refractivity contribution < 1.29 is 9.53 Å². The first-order chi connectivity index (χ1) is 15.4. The Morgan fingerprint density at radius 3 is 2.41 bits per heavy atom. The van der Waals surface area contributed by atoms with E-state index in [1.807, 2.05) is 60.4 Å². The molecule has 0 spiro atoms. The highest BCUT2D eigenvalue weighted by molar-refractivity contribution is 5.96. The highest BCUT2D eigenvalue weighted by Crippen LogP contribution is 2.29. The zero-order chi connectivity index (χ0) is 22.7. The Morgan fingerprint density at radius 2 is 1.75 bits per heavy atom. The number of likely N-dealkylation sites (tertiary alicyclic amines) is 1. The fourth-order valence-electron chi connectivity index (χ4n) is 3.96. The SMILES string of the molecule is Cc1ccc(Oc2nc(-c3ccccc3)ncc2C(=O)N2CCC(N(C)C)CC2)cc1C. The summed E-state index contributed by atoms with van der Waals surface area (Å²) in [6, 6.07) is 16.1. The van der Waals surface area contributed by atoms with E-state index in [4.69, 9.17) is 4.74 Å². The minimum absolute atomic E-state index is 0.0827. The summed E-state index contributed by atoms with van der Waals surface area (Å²) in [5.74, 6) is 1.40. The molecule has 0 N–H and O–H groups in total. The number of carbonyl (C=O) groups excluding carboxylic acids is 1. The lowest BCUT2D eigenvalue weighted by Crippen LogP contribution is -2.44. The summed E-state index contributed by atoms with van der Waals surface area (Å²) in [5, 5.41) is 0. The predicted molar refractivity (Wildman–Crippen MR) is 126 cm³/mol. The highest BCUT2D eigenvalue weighted by Gasteiger charge is 2.28. The van der Waals surface area contributed by atoms with Crippen LogP contribution in [0.15, 0.2) is 54.7 Å². The van der Waals surface area contributed by atoms with E-state index in [2.05, 4.69) is 35.9 Å². The number of rotatable bonds is 5. The molecule has 0 bridgehead atoms. The summed E-state index contributed by atoms with van der Waals surface area (Å²) in [7, 11) is 4.18. The van der Waals surface area contributed by atoms with Crippen LogP contribution in [0.2, 0.25) is 0 Å². The van der Waals surface area contributed by atoms with Crippen molar-refractivity contribution in [2.24, 2.45) is 0 Å². The largest absolute Gasteiger partial charge is 0.438 e. The first-order valence-electron chi connectivity index (χ1n) is 11.1. The predicted octanol–water partition coefficient (Wildman–Crippen LogP) is 4.72. The van der Waals surface area contributed by atoms with E-state index in [9.17, 15) is 4.79 Å². The molecule has 6 nitrogen and oxygen atoms in total. The maximum Gasteiger partial charge on any atom is 0.260 e. The molecule has 1 amide bonds. The number of aryl methyl sites for hydroxylation is 2. The molecule has 0 aliphatic carbocycles. The van der Waals surface area contributed by atoms with Crippen molar-refractivity contribution in [1.82, 2.24) is 19.8 Å². The number of carbonyl (C=O) groups is 1. The van der Waals surface area contributed by atoms with Gasteiger partial charge in [-0.3, -0.25) is 4.79 Å². The number of benzene rings is 2. The van der Waals surface area contributed by atoms with Gasteiger partial charge in [0.2, 0.25) is 5.88 Å². The van der Waals surface area contributed by atoms with Crippen LogP contribution < -0.4 is 4.74 Å². The second kappa shape index (κ2) is 9.49. The molecule has 4 rings (SSSR count). The maximum atomic E-state index is 13.4. The molecular formula is C26H30N4O2. The normalized spacial score (nSPS) is 14.6. The lowest BCUT2D eigenvalue weighted by molar-refractivity contribution is 0.0659. The first kappa shape index (κ1) is 22.0. The van der Waals surface area contributed by atoms with Crippen LogP contribution >= 0.6 is 0 Å². The highest BCUT2D eigenvalue weighted by atomic mass is 16.5. The minimum atomic E-state index is -0.0827. The van der Waals surface area contributed by atoms with Crippen LogP contribution in [0.3, 0.4) is 0 Å². The van der Waals surface area contributed by atoms with Gasteiger partial charge in [-0.05, 0) is 64.0 Å². The average Bonchev–Trinajstić information content (AvgIpc) is 2.81. The van der Waals surface area contributed by atoms with Crippen molar-refractivity contribution in [3.63, 3.8) is 0 Å². The topological polar surface area (TPSA) is 58.6 Å². The summed E-state index contributed by atoms with van der Waals surface area (Å²) < 4.78 is 6.17. The Balaban J connectivity index is 1.66. The molecule has 32 heavy (non-hydrogen) atoms. The number of hydrogen-bond donors (Lipinski definition) is 0. The molecule has 1 fully saturated rings. The van der Waals surface area contributed by atoms with Crippen molar-refractivity contribution in [3.05, 3.63) is 71.4 Å². The Labute approximate surface area is 189 Å². The molecule has 3 aromatic rings. The average molecular weight is 431 g/mol. The summed E-state index contributed by atoms with van der Waals surface area (Å²) >= 11 is 0. The number of ether oxygens (including phenoxy) is 1. The Morgan fingerprint density at radius 1 is 1.03 bits per heavy atom. The van der Waals surface area contributed by atoms with Crippen LogP contribution in [0.1, 0.15) is 34.3 Å². The zero-order valence-electron chi connectivity index (χ0n) is 19.2. The second-order valence-corrected chi connectivity index (χ2v) is 8.61. The van der Waals surface area contributed by atoms with E-state index in [-0.39, 0.29) is 5.91 Å². The van der Waals surface area contributed by atoms with Crippen LogP contribution in [-0.4, -0.2) is 58.9 Å². The molecule has 0 saturated carbocycles. The van der Waals surface area contributed by atoms with Gasteiger partial charge in [-0.25, -0.2) is 4.98 Å². The van der Waals surface area contributed by atoms with Gasteiger partial charge >= 0.3 is 0 Å². The molecule has 2 aromatic carbocycles. The Hall–Kier alpha value is -3.25.